The highest BCUT2D eigenvalue weighted by Gasteiger charge is 2.22. The summed E-state index contributed by atoms with van der Waals surface area (Å²) in [6.45, 7) is -0.248. The van der Waals surface area contributed by atoms with Crippen LogP contribution in [-0.2, 0) is 16.6 Å². The molecule has 2 aromatic rings. The van der Waals surface area contributed by atoms with Crippen LogP contribution in [0.15, 0.2) is 37.4 Å². The maximum absolute atomic E-state index is 13.2. The molecule has 1 aromatic heterocycles. The van der Waals surface area contributed by atoms with E-state index in [0.29, 0.717) is 13.1 Å². The van der Waals surface area contributed by atoms with Gasteiger partial charge < -0.3 is 5.11 Å². The lowest BCUT2D eigenvalue weighted by molar-refractivity contribution is 0.285. The van der Waals surface area contributed by atoms with E-state index in [9.17, 15) is 12.8 Å². The number of aliphatic hydroxyl groups is 1. The van der Waals surface area contributed by atoms with Gasteiger partial charge in [0, 0.05) is 9.35 Å². The highest BCUT2D eigenvalue weighted by molar-refractivity contribution is 9.11. The van der Waals surface area contributed by atoms with Gasteiger partial charge in [-0.15, -0.1) is 11.3 Å². The summed E-state index contributed by atoms with van der Waals surface area (Å²) in [5, 5.41) is 9.03. The number of halogens is 3. The lowest BCUT2D eigenvalue weighted by Gasteiger charge is -2.09. The zero-order chi connectivity index (χ0) is 14.9. The number of thiophene rings is 1. The normalized spacial score (nSPS) is 11.6. The van der Waals surface area contributed by atoms with Gasteiger partial charge in [-0.05, 0) is 56.1 Å². The summed E-state index contributed by atoms with van der Waals surface area (Å²) in [4.78, 5) is 0.512. The van der Waals surface area contributed by atoms with Gasteiger partial charge in [0.05, 0.1) is 16.1 Å². The molecule has 0 atom stereocenters. The van der Waals surface area contributed by atoms with Gasteiger partial charge in [0.25, 0.3) is 10.0 Å². The Morgan fingerprint density at radius 2 is 2.00 bits per heavy atom. The number of sulfonamides is 1. The van der Waals surface area contributed by atoms with Crippen molar-refractivity contribution in [3.8, 4) is 0 Å². The molecule has 0 aliphatic carbocycles. The molecule has 0 aliphatic heterocycles. The SMILES string of the molecule is O=S(=O)(Nc1cc(F)ccc1Br)c1cc(CO)sc1Br. The third-order valence-electron chi connectivity index (χ3n) is 2.32. The number of anilines is 1. The van der Waals surface area contributed by atoms with Crippen LogP contribution in [0.4, 0.5) is 10.1 Å². The van der Waals surface area contributed by atoms with E-state index in [4.69, 9.17) is 5.11 Å². The Labute approximate surface area is 135 Å². The largest absolute Gasteiger partial charge is 0.391 e. The van der Waals surface area contributed by atoms with Crippen LogP contribution in [0.2, 0.25) is 0 Å². The number of hydrogen-bond acceptors (Lipinski definition) is 4. The molecule has 0 saturated heterocycles. The van der Waals surface area contributed by atoms with E-state index in [-0.39, 0.29) is 17.2 Å². The van der Waals surface area contributed by atoms with Crippen LogP contribution >= 0.6 is 43.2 Å². The molecule has 0 radical (unpaired) electrons. The van der Waals surface area contributed by atoms with E-state index in [1.165, 1.54) is 18.2 Å². The minimum absolute atomic E-state index is 0.00251. The standard InChI is InChI=1S/C11H8Br2FNO3S2/c12-8-2-1-6(14)3-9(8)15-20(17,18)10-4-7(5-16)19-11(10)13/h1-4,15-16H,5H2. The maximum Gasteiger partial charge on any atom is 0.263 e. The van der Waals surface area contributed by atoms with Gasteiger partial charge in [-0.1, -0.05) is 0 Å². The zero-order valence-corrected chi connectivity index (χ0v) is 14.5. The number of benzene rings is 1. The van der Waals surface area contributed by atoms with Crippen molar-refractivity contribution < 1.29 is 17.9 Å². The van der Waals surface area contributed by atoms with Crippen molar-refractivity contribution in [2.45, 2.75) is 11.5 Å². The molecule has 9 heteroatoms. The second kappa shape index (κ2) is 6.10. The molecular weight excluding hydrogens is 437 g/mol. The average molecular weight is 445 g/mol. The Balaban J connectivity index is 2.40. The Kier molecular flexibility index (Phi) is 4.85. The molecule has 0 spiro atoms. The minimum Gasteiger partial charge on any atom is -0.391 e. The second-order valence-corrected chi connectivity index (χ2v) is 8.70. The van der Waals surface area contributed by atoms with E-state index in [1.54, 1.807) is 0 Å². The van der Waals surface area contributed by atoms with E-state index < -0.39 is 15.8 Å². The third kappa shape index (κ3) is 3.40. The van der Waals surface area contributed by atoms with Crippen molar-refractivity contribution in [1.29, 1.82) is 0 Å². The third-order valence-corrected chi connectivity index (χ3v) is 6.62. The van der Waals surface area contributed by atoms with Crippen molar-refractivity contribution >= 4 is 58.9 Å². The van der Waals surface area contributed by atoms with Crippen molar-refractivity contribution in [2.75, 3.05) is 4.72 Å². The zero-order valence-electron chi connectivity index (χ0n) is 9.73. The van der Waals surface area contributed by atoms with Crippen LogP contribution in [-0.4, -0.2) is 13.5 Å². The lowest BCUT2D eigenvalue weighted by atomic mass is 10.3. The van der Waals surface area contributed by atoms with Gasteiger partial charge in [0.2, 0.25) is 0 Å². The molecule has 108 valence electrons. The minimum atomic E-state index is -3.87. The number of nitrogens with one attached hydrogen (secondary N) is 1. The number of aliphatic hydroxyl groups excluding tert-OH is 1. The molecule has 4 nitrogen and oxygen atoms in total. The molecule has 2 N–H and O–H groups in total. The monoisotopic (exact) mass is 443 g/mol. The molecule has 0 saturated carbocycles. The van der Waals surface area contributed by atoms with E-state index in [1.807, 2.05) is 0 Å². The van der Waals surface area contributed by atoms with E-state index >= 15 is 0 Å². The predicted molar refractivity (Wildman–Crippen MR) is 82.9 cm³/mol. The van der Waals surface area contributed by atoms with Crippen LogP contribution in [0.3, 0.4) is 0 Å². The summed E-state index contributed by atoms with van der Waals surface area (Å²) in [6.07, 6.45) is 0. The summed E-state index contributed by atoms with van der Waals surface area (Å²) in [5.74, 6) is -0.550. The van der Waals surface area contributed by atoms with Crippen molar-refractivity contribution in [3.05, 3.63) is 43.2 Å². The van der Waals surface area contributed by atoms with Crippen LogP contribution in [0.5, 0.6) is 0 Å². The Morgan fingerprint density at radius 1 is 1.30 bits per heavy atom. The first-order valence-corrected chi connectivity index (χ1v) is 9.09. The van der Waals surface area contributed by atoms with Gasteiger partial charge in [0.1, 0.15) is 10.7 Å². The number of hydrogen-bond donors (Lipinski definition) is 2. The van der Waals surface area contributed by atoms with Crippen molar-refractivity contribution in [2.24, 2.45) is 0 Å². The van der Waals surface area contributed by atoms with Gasteiger partial charge in [-0.25, -0.2) is 12.8 Å². The van der Waals surface area contributed by atoms with E-state index in [0.717, 1.165) is 17.4 Å². The summed E-state index contributed by atoms with van der Waals surface area (Å²) in [6, 6.07) is 5.07. The number of rotatable bonds is 4. The van der Waals surface area contributed by atoms with Crippen molar-refractivity contribution in [1.82, 2.24) is 0 Å². The maximum atomic E-state index is 13.2. The van der Waals surface area contributed by atoms with E-state index in [2.05, 4.69) is 36.6 Å². The van der Waals surface area contributed by atoms with Gasteiger partial charge in [-0.3, -0.25) is 4.72 Å². The smallest absolute Gasteiger partial charge is 0.263 e. The van der Waals surface area contributed by atoms with Gasteiger partial charge in [0.15, 0.2) is 0 Å². The molecule has 0 fully saturated rings. The van der Waals surface area contributed by atoms with Crippen LogP contribution in [0.1, 0.15) is 4.88 Å². The first-order valence-electron chi connectivity index (χ1n) is 5.20. The molecule has 0 aliphatic rings. The van der Waals surface area contributed by atoms with Gasteiger partial charge in [-0.2, -0.15) is 0 Å². The molecule has 0 amide bonds. The molecule has 0 bridgehead atoms. The first kappa shape index (κ1) is 15.9. The fourth-order valence-corrected chi connectivity index (χ4v) is 5.53. The highest BCUT2D eigenvalue weighted by atomic mass is 79.9. The Morgan fingerprint density at radius 3 is 2.60 bits per heavy atom. The average Bonchev–Trinajstić information content (AvgIpc) is 2.76. The first-order chi connectivity index (χ1) is 9.33. The predicted octanol–water partition coefficient (Wildman–Crippen LogP) is 3.71. The van der Waals surface area contributed by atoms with Crippen LogP contribution < -0.4 is 4.72 Å². The molecular formula is C11H8Br2FNO3S2. The summed E-state index contributed by atoms with van der Waals surface area (Å²) in [5.41, 5.74) is 0.105. The van der Waals surface area contributed by atoms with Crippen molar-refractivity contribution in [3.63, 3.8) is 0 Å². The molecule has 20 heavy (non-hydrogen) atoms. The second-order valence-electron chi connectivity index (χ2n) is 3.74. The fraction of sp³-hybridized carbons (Fsp3) is 0.0909. The topological polar surface area (TPSA) is 66.4 Å². The quantitative estimate of drug-likeness (QED) is 0.755. The molecule has 1 heterocycles. The molecule has 2 rings (SSSR count). The summed E-state index contributed by atoms with van der Waals surface area (Å²) in [7, 11) is -3.87. The highest BCUT2D eigenvalue weighted by Crippen LogP contribution is 2.34. The molecule has 0 unspecified atom stereocenters. The summed E-state index contributed by atoms with van der Waals surface area (Å²) < 4.78 is 40.8. The van der Waals surface area contributed by atoms with Gasteiger partial charge >= 0.3 is 0 Å². The van der Waals surface area contributed by atoms with Crippen LogP contribution in [0.25, 0.3) is 0 Å². The summed E-state index contributed by atoms with van der Waals surface area (Å²) >= 11 is 7.41. The lowest BCUT2D eigenvalue weighted by Crippen LogP contribution is -2.13. The van der Waals surface area contributed by atoms with Crippen LogP contribution in [0, 0.1) is 5.82 Å². The fourth-order valence-electron chi connectivity index (χ4n) is 1.43. The Hall–Kier alpha value is -0.480. The molecule has 1 aromatic carbocycles. The Bertz CT molecular complexity index is 746.